The first-order valence-corrected chi connectivity index (χ1v) is 6.83. The molecule has 0 aliphatic carbocycles. The monoisotopic (exact) mass is 249 g/mol. The third kappa shape index (κ3) is 4.79. The van der Waals surface area contributed by atoms with E-state index in [1.165, 1.54) is 16.7 Å². The van der Waals surface area contributed by atoms with Crippen LogP contribution in [0.2, 0.25) is 0 Å². The summed E-state index contributed by atoms with van der Waals surface area (Å²) in [5, 5.41) is 12.4. The third-order valence-electron chi connectivity index (χ3n) is 3.56. The maximum atomic E-state index is 8.89. The van der Waals surface area contributed by atoms with Crippen LogP contribution in [0.1, 0.15) is 43.4 Å². The zero-order valence-corrected chi connectivity index (χ0v) is 12.2. The zero-order chi connectivity index (χ0) is 13.6. The van der Waals surface area contributed by atoms with Crippen LogP contribution in [0.4, 0.5) is 0 Å². The molecule has 2 nitrogen and oxygen atoms in total. The normalized spacial score (nSPS) is 11.8. The maximum absolute atomic E-state index is 8.89. The van der Waals surface area contributed by atoms with Gasteiger partial charge in [0.1, 0.15) is 0 Å². The maximum Gasteiger partial charge on any atom is 0.0431 e. The van der Waals surface area contributed by atoms with Crippen LogP contribution in [0, 0.1) is 19.3 Å². The van der Waals surface area contributed by atoms with E-state index in [0.717, 1.165) is 25.9 Å². The van der Waals surface area contributed by atoms with Gasteiger partial charge in [0.25, 0.3) is 0 Å². The number of aliphatic hydroxyl groups is 1. The van der Waals surface area contributed by atoms with Gasteiger partial charge in [-0.05, 0) is 48.8 Å². The number of aliphatic hydroxyl groups excluding tert-OH is 1. The Kier molecular flexibility index (Phi) is 5.83. The van der Waals surface area contributed by atoms with Gasteiger partial charge >= 0.3 is 0 Å². The number of hydrogen-bond acceptors (Lipinski definition) is 2. The second-order valence-corrected chi connectivity index (χ2v) is 5.97. The first-order valence-electron chi connectivity index (χ1n) is 6.83. The molecule has 0 aliphatic rings. The lowest BCUT2D eigenvalue weighted by molar-refractivity contribution is 0.236. The van der Waals surface area contributed by atoms with Crippen LogP contribution >= 0.6 is 0 Å². The molecule has 1 rings (SSSR count). The summed E-state index contributed by atoms with van der Waals surface area (Å²) in [6.07, 6.45) is 1.95. The van der Waals surface area contributed by atoms with Crippen molar-refractivity contribution in [1.29, 1.82) is 0 Å². The highest BCUT2D eigenvalue weighted by Gasteiger charge is 2.16. The van der Waals surface area contributed by atoms with Crippen molar-refractivity contribution in [2.75, 3.05) is 13.2 Å². The molecule has 2 heteroatoms. The van der Waals surface area contributed by atoms with Crippen LogP contribution in [0.25, 0.3) is 0 Å². The van der Waals surface area contributed by atoms with Crippen LogP contribution in [0.3, 0.4) is 0 Å². The summed E-state index contributed by atoms with van der Waals surface area (Å²) >= 11 is 0. The van der Waals surface area contributed by atoms with Crippen LogP contribution in [0.15, 0.2) is 18.2 Å². The van der Waals surface area contributed by atoms with Crippen molar-refractivity contribution in [3.8, 4) is 0 Å². The van der Waals surface area contributed by atoms with E-state index in [9.17, 15) is 0 Å². The Morgan fingerprint density at radius 3 is 2.33 bits per heavy atom. The highest BCUT2D eigenvalue weighted by Crippen LogP contribution is 2.21. The first kappa shape index (κ1) is 15.2. The minimum absolute atomic E-state index is 0.249. The standard InChI is InChI=1S/C16H27NO/c1-13-7-5-8-14(2)15(13)11-17-12-16(3,4)9-6-10-18/h5,7-8,17-18H,6,9-12H2,1-4H3. The lowest BCUT2D eigenvalue weighted by Gasteiger charge is -2.25. The molecule has 1 aromatic carbocycles. The number of nitrogens with one attached hydrogen (secondary N) is 1. The van der Waals surface area contributed by atoms with Gasteiger partial charge in [0.05, 0.1) is 0 Å². The molecule has 1 aromatic rings. The fourth-order valence-corrected chi connectivity index (χ4v) is 2.30. The van der Waals surface area contributed by atoms with E-state index in [1.807, 2.05) is 0 Å². The van der Waals surface area contributed by atoms with Gasteiger partial charge in [0, 0.05) is 19.7 Å². The van der Waals surface area contributed by atoms with Crippen LogP contribution < -0.4 is 5.32 Å². The molecule has 0 radical (unpaired) electrons. The number of hydrogen-bond donors (Lipinski definition) is 2. The van der Waals surface area contributed by atoms with Gasteiger partial charge < -0.3 is 10.4 Å². The summed E-state index contributed by atoms with van der Waals surface area (Å²) in [5.74, 6) is 0. The number of aryl methyl sites for hydroxylation is 2. The Hall–Kier alpha value is -0.860. The van der Waals surface area contributed by atoms with Gasteiger partial charge in [-0.1, -0.05) is 32.0 Å². The Morgan fingerprint density at radius 1 is 1.17 bits per heavy atom. The summed E-state index contributed by atoms with van der Waals surface area (Å²) in [6.45, 7) is 11.0. The van der Waals surface area contributed by atoms with Crippen LogP contribution in [-0.2, 0) is 6.54 Å². The smallest absolute Gasteiger partial charge is 0.0431 e. The highest BCUT2D eigenvalue weighted by atomic mass is 16.2. The van der Waals surface area contributed by atoms with Gasteiger partial charge in [-0.25, -0.2) is 0 Å². The molecule has 0 fully saturated rings. The fraction of sp³-hybridized carbons (Fsp3) is 0.625. The molecule has 0 aliphatic heterocycles. The van der Waals surface area contributed by atoms with Gasteiger partial charge in [0.2, 0.25) is 0 Å². The van der Waals surface area contributed by atoms with E-state index in [1.54, 1.807) is 0 Å². The second-order valence-electron chi connectivity index (χ2n) is 5.97. The van der Waals surface area contributed by atoms with Gasteiger partial charge in [-0.15, -0.1) is 0 Å². The van der Waals surface area contributed by atoms with Crippen LogP contribution in [-0.4, -0.2) is 18.3 Å². The van der Waals surface area contributed by atoms with Crippen molar-refractivity contribution in [2.24, 2.45) is 5.41 Å². The topological polar surface area (TPSA) is 32.3 Å². The lowest BCUT2D eigenvalue weighted by atomic mass is 9.88. The van der Waals surface area contributed by atoms with Gasteiger partial charge in [-0.3, -0.25) is 0 Å². The molecule has 0 amide bonds. The van der Waals surface area contributed by atoms with Crippen molar-refractivity contribution in [1.82, 2.24) is 5.32 Å². The predicted octanol–water partition coefficient (Wildman–Crippen LogP) is 3.19. The van der Waals surface area contributed by atoms with Gasteiger partial charge in [0.15, 0.2) is 0 Å². The van der Waals surface area contributed by atoms with E-state index in [0.29, 0.717) is 6.61 Å². The molecular formula is C16H27NO. The van der Waals surface area contributed by atoms with E-state index >= 15 is 0 Å². The number of rotatable bonds is 7. The average molecular weight is 249 g/mol. The molecular weight excluding hydrogens is 222 g/mol. The van der Waals surface area contributed by atoms with E-state index < -0.39 is 0 Å². The third-order valence-corrected chi connectivity index (χ3v) is 3.56. The number of benzene rings is 1. The minimum Gasteiger partial charge on any atom is -0.396 e. The summed E-state index contributed by atoms with van der Waals surface area (Å²) in [7, 11) is 0. The fourth-order valence-electron chi connectivity index (χ4n) is 2.30. The van der Waals surface area contributed by atoms with Crippen molar-refractivity contribution in [3.05, 3.63) is 34.9 Å². The Balaban J connectivity index is 2.46. The molecule has 0 heterocycles. The van der Waals surface area contributed by atoms with Gasteiger partial charge in [-0.2, -0.15) is 0 Å². The quantitative estimate of drug-likeness (QED) is 0.778. The lowest BCUT2D eigenvalue weighted by Crippen LogP contribution is -2.29. The molecule has 0 bridgehead atoms. The molecule has 0 unspecified atom stereocenters. The summed E-state index contributed by atoms with van der Waals surface area (Å²) in [6, 6.07) is 6.45. The Labute approximate surface area is 111 Å². The second kappa shape index (κ2) is 6.91. The van der Waals surface area contributed by atoms with Crippen LogP contribution in [0.5, 0.6) is 0 Å². The van der Waals surface area contributed by atoms with Crippen molar-refractivity contribution >= 4 is 0 Å². The highest BCUT2D eigenvalue weighted by molar-refractivity contribution is 5.33. The largest absolute Gasteiger partial charge is 0.396 e. The Morgan fingerprint density at radius 2 is 1.78 bits per heavy atom. The molecule has 2 N–H and O–H groups in total. The molecule has 0 spiro atoms. The molecule has 0 saturated carbocycles. The van der Waals surface area contributed by atoms with E-state index in [-0.39, 0.29) is 5.41 Å². The van der Waals surface area contributed by atoms with Crippen molar-refractivity contribution in [3.63, 3.8) is 0 Å². The summed E-state index contributed by atoms with van der Waals surface area (Å²) < 4.78 is 0. The minimum atomic E-state index is 0.249. The zero-order valence-electron chi connectivity index (χ0n) is 12.2. The molecule has 0 saturated heterocycles. The predicted molar refractivity (Wildman–Crippen MR) is 77.7 cm³/mol. The molecule has 102 valence electrons. The molecule has 0 atom stereocenters. The molecule has 0 aromatic heterocycles. The average Bonchev–Trinajstić information content (AvgIpc) is 2.30. The summed E-state index contributed by atoms with van der Waals surface area (Å²) in [4.78, 5) is 0. The van der Waals surface area contributed by atoms with E-state index in [4.69, 9.17) is 5.11 Å². The molecule has 18 heavy (non-hydrogen) atoms. The van der Waals surface area contributed by atoms with Crippen molar-refractivity contribution in [2.45, 2.75) is 47.1 Å². The first-order chi connectivity index (χ1) is 8.46. The Bertz CT molecular complexity index is 351. The van der Waals surface area contributed by atoms with Crippen molar-refractivity contribution < 1.29 is 5.11 Å². The van der Waals surface area contributed by atoms with E-state index in [2.05, 4.69) is 51.2 Å². The SMILES string of the molecule is Cc1cccc(C)c1CNCC(C)(C)CCCO. The summed E-state index contributed by atoms with van der Waals surface area (Å²) in [5.41, 5.74) is 4.38.